The molecular formula is C20H31N3O3. The molecule has 0 amide bonds. The normalized spacial score (nSPS) is 15.9. The summed E-state index contributed by atoms with van der Waals surface area (Å²) in [6.07, 6.45) is 1.60. The van der Waals surface area contributed by atoms with E-state index >= 15 is 0 Å². The van der Waals surface area contributed by atoms with Crippen molar-refractivity contribution in [3.63, 3.8) is 0 Å². The Morgan fingerprint density at radius 1 is 1.27 bits per heavy atom. The van der Waals surface area contributed by atoms with Crippen LogP contribution in [-0.4, -0.2) is 50.7 Å². The molecule has 1 aromatic rings. The van der Waals surface area contributed by atoms with Gasteiger partial charge in [0.2, 0.25) is 0 Å². The van der Waals surface area contributed by atoms with Crippen molar-refractivity contribution in [1.29, 1.82) is 0 Å². The molecule has 0 spiro atoms. The molecule has 0 radical (unpaired) electrons. The van der Waals surface area contributed by atoms with E-state index in [1.165, 1.54) is 12.7 Å². The number of nitrogens with zero attached hydrogens (tertiary/aromatic N) is 2. The van der Waals surface area contributed by atoms with Crippen LogP contribution in [0.1, 0.15) is 32.3 Å². The fourth-order valence-electron chi connectivity index (χ4n) is 2.97. The lowest BCUT2D eigenvalue weighted by molar-refractivity contribution is -0.146. The molecule has 1 fully saturated rings. The number of hydrogen-bond acceptors (Lipinski definition) is 4. The number of methoxy groups -OCH3 is 1. The van der Waals surface area contributed by atoms with Gasteiger partial charge in [-0.15, -0.1) is 0 Å². The van der Waals surface area contributed by atoms with Gasteiger partial charge in [-0.3, -0.25) is 9.79 Å². The van der Waals surface area contributed by atoms with Crippen LogP contribution in [0.3, 0.4) is 0 Å². The summed E-state index contributed by atoms with van der Waals surface area (Å²) in [5, 5.41) is 3.40. The third-order valence-electron chi connectivity index (χ3n) is 4.50. The summed E-state index contributed by atoms with van der Waals surface area (Å²) in [4.78, 5) is 18.2. The molecule has 1 aromatic carbocycles. The molecule has 6 heteroatoms. The van der Waals surface area contributed by atoms with E-state index in [2.05, 4.69) is 41.2 Å². The predicted octanol–water partition coefficient (Wildman–Crippen LogP) is 2.68. The van der Waals surface area contributed by atoms with Crippen LogP contribution in [-0.2, 0) is 16.1 Å². The van der Waals surface area contributed by atoms with E-state index in [9.17, 15) is 4.79 Å². The summed E-state index contributed by atoms with van der Waals surface area (Å²) in [5.74, 6) is 2.19. The van der Waals surface area contributed by atoms with Crippen LogP contribution in [0.5, 0.6) is 5.75 Å². The Kier molecular flexibility index (Phi) is 7.75. The minimum Gasteiger partial charge on any atom is -0.493 e. The van der Waals surface area contributed by atoms with Crippen molar-refractivity contribution in [2.24, 2.45) is 16.8 Å². The summed E-state index contributed by atoms with van der Waals surface area (Å²) in [6, 6.07) is 8.15. The van der Waals surface area contributed by atoms with E-state index in [0.717, 1.165) is 44.2 Å². The molecule has 0 unspecified atom stereocenters. The zero-order chi connectivity index (χ0) is 18.9. The van der Waals surface area contributed by atoms with Crippen LogP contribution in [0.25, 0.3) is 0 Å². The molecule has 2 rings (SSSR count). The molecule has 0 aliphatic carbocycles. The Bertz CT molecular complexity index is 591. The lowest BCUT2D eigenvalue weighted by Gasteiger charge is -2.33. The van der Waals surface area contributed by atoms with Crippen LogP contribution in [0.15, 0.2) is 29.3 Å². The summed E-state index contributed by atoms with van der Waals surface area (Å²) in [5.41, 5.74) is 1.17. The number of rotatable bonds is 6. The lowest BCUT2D eigenvalue weighted by Crippen LogP contribution is -2.46. The van der Waals surface area contributed by atoms with E-state index in [4.69, 9.17) is 9.47 Å². The average Bonchev–Trinajstić information content (AvgIpc) is 2.67. The quantitative estimate of drug-likeness (QED) is 0.479. The monoisotopic (exact) mass is 361 g/mol. The van der Waals surface area contributed by atoms with Crippen molar-refractivity contribution in [3.05, 3.63) is 29.8 Å². The van der Waals surface area contributed by atoms with E-state index in [1.807, 2.05) is 12.1 Å². The second-order valence-electron chi connectivity index (χ2n) is 7.03. The maximum Gasteiger partial charge on any atom is 0.308 e. The largest absolute Gasteiger partial charge is 0.493 e. The highest BCUT2D eigenvalue weighted by molar-refractivity contribution is 5.80. The van der Waals surface area contributed by atoms with Gasteiger partial charge in [-0.05, 0) is 36.5 Å². The third-order valence-corrected chi connectivity index (χ3v) is 4.50. The van der Waals surface area contributed by atoms with Crippen molar-refractivity contribution in [1.82, 2.24) is 10.2 Å². The molecule has 1 aliphatic rings. The Labute approximate surface area is 156 Å². The van der Waals surface area contributed by atoms with Crippen molar-refractivity contribution in [2.75, 3.05) is 33.9 Å². The molecule has 0 atom stereocenters. The number of nitrogens with one attached hydrogen (secondary N) is 1. The standard InChI is InChI=1S/C20H31N3O3/c1-15(2)14-26-18-7-5-16(6-8-18)13-22-20(21-3)23-11-9-17(10-12-23)19(24)25-4/h5-8,15,17H,9-14H2,1-4H3,(H,21,22). The zero-order valence-electron chi connectivity index (χ0n) is 16.3. The Morgan fingerprint density at radius 2 is 1.92 bits per heavy atom. The number of carbonyl (C=O) groups is 1. The second-order valence-corrected chi connectivity index (χ2v) is 7.03. The zero-order valence-corrected chi connectivity index (χ0v) is 16.3. The van der Waals surface area contributed by atoms with Crippen LogP contribution < -0.4 is 10.1 Å². The molecule has 0 aromatic heterocycles. The maximum atomic E-state index is 11.6. The topological polar surface area (TPSA) is 63.2 Å². The van der Waals surface area contributed by atoms with Gasteiger partial charge < -0.3 is 19.7 Å². The van der Waals surface area contributed by atoms with Crippen molar-refractivity contribution < 1.29 is 14.3 Å². The van der Waals surface area contributed by atoms with Gasteiger partial charge in [0.05, 0.1) is 19.6 Å². The average molecular weight is 361 g/mol. The van der Waals surface area contributed by atoms with Gasteiger partial charge in [0.25, 0.3) is 0 Å². The highest BCUT2D eigenvalue weighted by Gasteiger charge is 2.26. The van der Waals surface area contributed by atoms with Gasteiger partial charge in [-0.25, -0.2) is 0 Å². The predicted molar refractivity (Wildman–Crippen MR) is 103 cm³/mol. The van der Waals surface area contributed by atoms with Gasteiger partial charge in [0.15, 0.2) is 5.96 Å². The first-order valence-electron chi connectivity index (χ1n) is 9.28. The molecule has 0 saturated carbocycles. The van der Waals surface area contributed by atoms with Gasteiger partial charge in [-0.2, -0.15) is 0 Å². The Balaban J connectivity index is 1.81. The van der Waals surface area contributed by atoms with Crippen LogP contribution in [0.2, 0.25) is 0 Å². The first-order valence-corrected chi connectivity index (χ1v) is 9.28. The lowest BCUT2D eigenvalue weighted by atomic mass is 9.97. The van der Waals surface area contributed by atoms with Crippen molar-refractivity contribution in [2.45, 2.75) is 33.2 Å². The van der Waals surface area contributed by atoms with Crippen LogP contribution in [0, 0.1) is 11.8 Å². The van der Waals surface area contributed by atoms with Gasteiger partial charge in [-0.1, -0.05) is 26.0 Å². The number of guanidine groups is 1. The highest BCUT2D eigenvalue weighted by Crippen LogP contribution is 2.19. The molecular weight excluding hydrogens is 330 g/mol. The number of ether oxygens (including phenoxy) is 2. The van der Waals surface area contributed by atoms with Crippen LogP contribution >= 0.6 is 0 Å². The Hall–Kier alpha value is -2.24. The minimum absolute atomic E-state index is 0.00717. The SMILES string of the molecule is CN=C(NCc1ccc(OCC(C)C)cc1)N1CCC(C(=O)OC)CC1. The van der Waals surface area contributed by atoms with E-state index in [1.54, 1.807) is 7.05 Å². The minimum atomic E-state index is -0.104. The van der Waals surface area contributed by atoms with E-state index in [0.29, 0.717) is 12.5 Å². The molecule has 6 nitrogen and oxygen atoms in total. The number of esters is 1. The second kappa shape index (κ2) is 10.0. The van der Waals surface area contributed by atoms with Crippen LogP contribution in [0.4, 0.5) is 0 Å². The summed E-state index contributed by atoms with van der Waals surface area (Å²) in [6.45, 7) is 7.32. The smallest absolute Gasteiger partial charge is 0.308 e. The van der Waals surface area contributed by atoms with Crippen molar-refractivity contribution >= 4 is 11.9 Å². The first-order chi connectivity index (χ1) is 12.5. The fourth-order valence-corrected chi connectivity index (χ4v) is 2.97. The maximum absolute atomic E-state index is 11.6. The number of piperidine rings is 1. The van der Waals surface area contributed by atoms with Gasteiger partial charge >= 0.3 is 5.97 Å². The molecule has 1 N–H and O–H groups in total. The van der Waals surface area contributed by atoms with E-state index in [-0.39, 0.29) is 11.9 Å². The third kappa shape index (κ3) is 5.93. The Morgan fingerprint density at radius 3 is 2.46 bits per heavy atom. The number of hydrogen-bond donors (Lipinski definition) is 1. The fraction of sp³-hybridized carbons (Fsp3) is 0.600. The first kappa shape index (κ1) is 20.1. The summed E-state index contributed by atoms with van der Waals surface area (Å²) >= 11 is 0. The summed E-state index contributed by atoms with van der Waals surface area (Å²) < 4.78 is 10.6. The number of likely N-dealkylation sites (tertiary alicyclic amines) is 1. The molecule has 0 bridgehead atoms. The molecule has 1 aliphatic heterocycles. The number of benzene rings is 1. The van der Waals surface area contributed by atoms with Gasteiger partial charge in [0, 0.05) is 26.7 Å². The molecule has 26 heavy (non-hydrogen) atoms. The van der Waals surface area contributed by atoms with Crippen molar-refractivity contribution in [3.8, 4) is 5.75 Å². The highest BCUT2D eigenvalue weighted by atomic mass is 16.5. The summed E-state index contributed by atoms with van der Waals surface area (Å²) in [7, 11) is 3.24. The number of aliphatic imine (C=N–C) groups is 1. The van der Waals surface area contributed by atoms with E-state index < -0.39 is 0 Å². The molecule has 1 heterocycles. The number of carbonyl (C=O) groups excluding carboxylic acids is 1. The molecule has 1 saturated heterocycles. The van der Waals surface area contributed by atoms with Gasteiger partial charge in [0.1, 0.15) is 5.75 Å². The molecule has 144 valence electrons.